The van der Waals surface area contributed by atoms with Gasteiger partial charge < -0.3 is 5.11 Å². The van der Waals surface area contributed by atoms with Gasteiger partial charge in [0.05, 0.1) is 5.69 Å². The minimum Gasteiger partial charge on any atom is -0.477 e. The maximum atomic E-state index is 11.0. The number of carbonyl (C=O) groups is 1. The number of carboxylic acid groups (broad SMARTS) is 1. The molecule has 0 radical (unpaired) electrons. The third-order valence-electron chi connectivity index (χ3n) is 2.03. The fraction of sp³-hybridized carbons (Fsp3) is 0.429. The van der Waals surface area contributed by atoms with Crippen molar-refractivity contribution in [2.24, 2.45) is 0 Å². The molecule has 2 heterocycles. The van der Waals surface area contributed by atoms with Crippen LogP contribution in [0.3, 0.4) is 0 Å². The Morgan fingerprint density at radius 2 is 1.80 bits per heavy atom. The normalized spacial score (nSPS) is 8.90. The lowest BCUT2D eigenvalue weighted by molar-refractivity contribution is 0.0686. The summed E-state index contributed by atoms with van der Waals surface area (Å²) in [5, 5.41) is 13.1. The molecule has 6 heteroatoms. The number of hydrogen-bond acceptors (Lipinski definition) is 4. The number of nitrogens with zero attached hydrogens (tertiary/aromatic N) is 4. The third-order valence-corrected chi connectivity index (χ3v) is 2.03. The molecule has 1 N–H and O–H groups in total. The van der Waals surface area contributed by atoms with Crippen LogP contribution in [-0.2, 0) is 0 Å². The molecule has 0 amide bonds. The van der Waals surface area contributed by atoms with Gasteiger partial charge in [-0.2, -0.15) is 5.10 Å². The number of hydrogen-bond donors (Lipinski definition) is 1. The number of carboxylic acids is 1. The van der Waals surface area contributed by atoms with Gasteiger partial charge in [0.15, 0.2) is 11.5 Å². The maximum absolute atomic E-state index is 11.0. The van der Waals surface area contributed by atoms with Crippen molar-refractivity contribution in [1.29, 1.82) is 0 Å². The van der Waals surface area contributed by atoms with E-state index in [1.165, 1.54) is 10.7 Å². The molecule has 0 spiro atoms. The third kappa shape index (κ3) is 4.46. The Bertz CT molecular complexity index is 550. The van der Waals surface area contributed by atoms with Crippen molar-refractivity contribution in [3.8, 4) is 5.82 Å². The van der Waals surface area contributed by atoms with E-state index in [1.807, 2.05) is 27.7 Å². The monoisotopic (exact) mass is 278 g/mol. The standard InChI is InChI=1S/C10H10N4O2.2C2H6/c1-6-5-8(10(15)16)14(13-6)9-3-4-11-7(2)12-9;2*1-2/h3-5H,1-2H3,(H,15,16);2*1-2H3. The molecule has 2 aromatic heterocycles. The summed E-state index contributed by atoms with van der Waals surface area (Å²) in [5.41, 5.74) is 0.726. The molecule has 0 aliphatic rings. The van der Waals surface area contributed by atoms with Crippen molar-refractivity contribution in [1.82, 2.24) is 19.7 Å². The Morgan fingerprint density at radius 1 is 1.20 bits per heavy atom. The van der Waals surface area contributed by atoms with Crippen LogP contribution >= 0.6 is 0 Å². The Kier molecular flexibility index (Phi) is 7.81. The molecular weight excluding hydrogens is 256 g/mol. The first-order valence-electron chi connectivity index (χ1n) is 6.68. The van der Waals surface area contributed by atoms with E-state index in [1.54, 1.807) is 26.1 Å². The summed E-state index contributed by atoms with van der Waals surface area (Å²) in [5.74, 6) is -0.00291. The molecule has 110 valence electrons. The number of aromatic carboxylic acids is 1. The van der Waals surface area contributed by atoms with Gasteiger partial charge in [-0.1, -0.05) is 27.7 Å². The van der Waals surface area contributed by atoms with Crippen LogP contribution in [0.15, 0.2) is 18.3 Å². The van der Waals surface area contributed by atoms with Gasteiger partial charge in [0.25, 0.3) is 0 Å². The van der Waals surface area contributed by atoms with Gasteiger partial charge in [-0.3, -0.25) is 0 Å². The SMILES string of the molecule is CC.CC.Cc1cc(C(=O)O)n(-c2ccnc(C)n2)n1. The zero-order valence-electron chi connectivity index (χ0n) is 12.9. The Morgan fingerprint density at radius 3 is 2.30 bits per heavy atom. The average Bonchev–Trinajstić information content (AvgIpc) is 2.86. The Balaban J connectivity index is 0.000000829. The first-order chi connectivity index (χ1) is 9.58. The van der Waals surface area contributed by atoms with Crippen molar-refractivity contribution in [2.45, 2.75) is 41.5 Å². The van der Waals surface area contributed by atoms with Gasteiger partial charge in [-0.15, -0.1) is 0 Å². The minimum atomic E-state index is -1.03. The zero-order valence-corrected chi connectivity index (χ0v) is 12.9. The van der Waals surface area contributed by atoms with Crippen LogP contribution in [0.25, 0.3) is 5.82 Å². The first-order valence-corrected chi connectivity index (χ1v) is 6.68. The van der Waals surface area contributed by atoms with E-state index in [0.717, 1.165) is 0 Å². The van der Waals surface area contributed by atoms with Crippen LogP contribution in [0.4, 0.5) is 0 Å². The van der Waals surface area contributed by atoms with E-state index in [-0.39, 0.29) is 5.69 Å². The van der Waals surface area contributed by atoms with Crippen LogP contribution in [0.5, 0.6) is 0 Å². The van der Waals surface area contributed by atoms with Gasteiger partial charge in [0.1, 0.15) is 5.82 Å². The highest BCUT2D eigenvalue weighted by atomic mass is 16.4. The maximum Gasteiger partial charge on any atom is 0.354 e. The lowest BCUT2D eigenvalue weighted by Gasteiger charge is -2.03. The second-order valence-corrected chi connectivity index (χ2v) is 3.35. The van der Waals surface area contributed by atoms with Crippen LogP contribution in [0, 0.1) is 13.8 Å². The van der Waals surface area contributed by atoms with E-state index in [9.17, 15) is 4.79 Å². The quantitative estimate of drug-likeness (QED) is 0.913. The molecule has 0 fully saturated rings. The molecule has 0 atom stereocenters. The molecule has 2 aromatic rings. The van der Waals surface area contributed by atoms with Gasteiger partial charge >= 0.3 is 5.97 Å². The summed E-state index contributed by atoms with van der Waals surface area (Å²) < 4.78 is 1.30. The van der Waals surface area contributed by atoms with Crippen molar-refractivity contribution >= 4 is 5.97 Å². The highest BCUT2D eigenvalue weighted by Crippen LogP contribution is 2.10. The van der Waals surface area contributed by atoms with Gasteiger partial charge in [0.2, 0.25) is 0 Å². The summed E-state index contributed by atoms with van der Waals surface area (Å²) in [6.07, 6.45) is 1.57. The molecule has 2 rings (SSSR count). The van der Waals surface area contributed by atoms with E-state index in [0.29, 0.717) is 17.3 Å². The Labute approximate surface area is 119 Å². The lowest BCUT2D eigenvalue weighted by atomic mass is 10.4. The van der Waals surface area contributed by atoms with Gasteiger partial charge in [0, 0.05) is 12.3 Å². The van der Waals surface area contributed by atoms with E-state index in [2.05, 4.69) is 15.1 Å². The molecule has 6 nitrogen and oxygen atoms in total. The van der Waals surface area contributed by atoms with Crippen LogP contribution in [-0.4, -0.2) is 30.8 Å². The average molecular weight is 278 g/mol. The first kappa shape index (κ1) is 17.8. The molecule has 0 saturated heterocycles. The van der Waals surface area contributed by atoms with Crippen molar-refractivity contribution in [3.05, 3.63) is 35.5 Å². The minimum absolute atomic E-state index is 0.0931. The topological polar surface area (TPSA) is 80.9 Å². The molecule has 0 saturated carbocycles. The number of aryl methyl sites for hydroxylation is 2. The zero-order chi connectivity index (χ0) is 15.7. The molecule has 0 aromatic carbocycles. The second-order valence-electron chi connectivity index (χ2n) is 3.35. The predicted octanol–water partition coefficient (Wildman–Crippen LogP) is 3.03. The molecular formula is C14H22N4O2. The molecule has 0 bridgehead atoms. The number of aromatic nitrogens is 4. The van der Waals surface area contributed by atoms with Crippen LogP contribution in [0.2, 0.25) is 0 Å². The van der Waals surface area contributed by atoms with Crippen molar-refractivity contribution in [2.75, 3.05) is 0 Å². The highest BCUT2D eigenvalue weighted by Gasteiger charge is 2.14. The summed E-state index contributed by atoms with van der Waals surface area (Å²) in [6, 6.07) is 3.12. The molecule has 0 aliphatic carbocycles. The summed E-state index contributed by atoms with van der Waals surface area (Å²) in [7, 11) is 0. The predicted molar refractivity (Wildman–Crippen MR) is 78.3 cm³/mol. The second kappa shape index (κ2) is 8.79. The van der Waals surface area contributed by atoms with Gasteiger partial charge in [-0.25, -0.2) is 19.4 Å². The fourth-order valence-electron chi connectivity index (χ4n) is 1.39. The van der Waals surface area contributed by atoms with Crippen LogP contribution in [0.1, 0.15) is 49.7 Å². The van der Waals surface area contributed by atoms with Crippen LogP contribution < -0.4 is 0 Å². The lowest BCUT2D eigenvalue weighted by Crippen LogP contribution is -2.10. The smallest absolute Gasteiger partial charge is 0.354 e. The summed E-state index contributed by atoms with van der Waals surface area (Å²) in [4.78, 5) is 19.1. The number of rotatable bonds is 2. The van der Waals surface area contributed by atoms with E-state index >= 15 is 0 Å². The summed E-state index contributed by atoms with van der Waals surface area (Å²) >= 11 is 0. The van der Waals surface area contributed by atoms with E-state index in [4.69, 9.17) is 5.11 Å². The Hall–Kier alpha value is -2.24. The van der Waals surface area contributed by atoms with Crippen molar-refractivity contribution < 1.29 is 9.90 Å². The van der Waals surface area contributed by atoms with Crippen molar-refractivity contribution in [3.63, 3.8) is 0 Å². The molecule has 20 heavy (non-hydrogen) atoms. The summed E-state index contributed by atoms with van der Waals surface area (Å²) in [6.45, 7) is 11.5. The molecule has 0 unspecified atom stereocenters. The molecule has 0 aliphatic heterocycles. The van der Waals surface area contributed by atoms with Gasteiger partial charge in [-0.05, 0) is 19.9 Å². The largest absolute Gasteiger partial charge is 0.477 e. The highest BCUT2D eigenvalue weighted by molar-refractivity contribution is 5.86. The fourth-order valence-corrected chi connectivity index (χ4v) is 1.39. The van der Waals surface area contributed by atoms with E-state index < -0.39 is 5.97 Å².